The van der Waals surface area contributed by atoms with E-state index in [1.165, 1.54) is 24.6 Å². The molecule has 0 aromatic heterocycles. The molecule has 0 aromatic rings. The molecule has 1 saturated carbocycles. The molecule has 2 rings (SSSR count). The second-order valence-corrected chi connectivity index (χ2v) is 5.39. The first-order chi connectivity index (χ1) is 7.66. The van der Waals surface area contributed by atoms with Crippen LogP contribution in [0.2, 0.25) is 0 Å². The topological polar surface area (TPSA) is 75.4 Å². The minimum absolute atomic E-state index is 0.00152. The van der Waals surface area contributed by atoms with Crippen molar-refractivity contribution in [3.8, 4) is 0 Å². The fraction of sp³-hybridized carbons (Fsp3) is 0.800. The summed E-state index contributed by atoms with van der Waals surface area (Å²) in [4.78, 5) is 24.3. The number of hydrogen-bond donors (Lipinski definition) is 2. The molecule has 16 heavy (non-hydrogen) atoms. The van der Waals surface area contributed by atoms with Crippen LogP contribution in [0.5, 0.6) is 0 Å². The SMILES string of the molecule is NC(CNC(=O)CN1CCSC1=O)C1CC1. The zero-order valence-electron chi connectivity index (χ0n) is 9.15. The Balaban J connectivity index is 1.65. The maximum atomic E-state index is 11.5. The summed E-state index contributed by atoms with van der Waals surface area (Å²) in [6, 6.07) is 0.0765. The quantitative estimate of drug-likeness (QED) is 0.713. The van der Waals surface area contributed by atoms with Gasteiger partial charge in [0.2, 0.25) is 5.91 Å². The molecule has 0 aromatic carbocycles. The van der Waals surface area contributed by atoms with Crippen molar-refractivity contribution >= 4 is 22.9 Å². The first-order valence-electron chi connectivity index (χ1n) is 5.61. The summed E-state index contributed by atoms with van der Waals surface area (Å²) in [7, 11) is 0. The molecule has 0 spiro atoms. The fourth-order valence-corrected chi connectivity index (χ4v) is 2.55. The number of carbonyl (C=O) groups excluding carboxylic acids is 2. The van der Waals surface area contributed by atoms with Crippen molar-refractivity contribution < 1.29 is 9.59 Å². The summed E-state index contributed by atoms with van der Waals surface area (Å²) >= 11 is 1.27. The smallest absolute Gasteiger partial charge is 0.282 e. The van der Waals surface area contributed by atoms with E-state index in [9.17, 15) is 9.59 Å². The van der Waals surface area contributed by atoms with Gasteiger partial charge in [-0.1, -0.05) is 11.8 Å². The van der Waals surface area contributed by atoms with Gasteiger partial charge in [0.1, 0.15) is 6.54 Å². The lowest BCUT2D eigenvalue weighted by molar-refractivity contribution is -0.121. The highest BCUT2D eigenvalue weighted by Crippen LogP contribution is 2.31. The van der Waals surface area contributed by atoms with E-state index in [-0.39, 0.29) is 23.7 Å². The van der Waals surface area contributed by atoms with E-state index in [4.69, 9.17) is 5.73 Å². The van der Waals surface area contributed by atoms with Crippen molar-refractivity contribution in [1.29, 1.82) is 0 Å². The maximum Gasteiger partial charge on any atom is 0.282 e. The molecule has 1 aliphatic heterocycles. The zero-order valence-corrected chi connectivity index (χ0v) is 9.96. The number of nitrogens with two attached hydrogens (primary N) is 1. The number of amides is 2. The number of rotatable bonds is 5. The van der Waals surface area contributed by atoms with Crippen LogP contribution in [-0.4, -0.2) is 47.5 Å². The highest BCUT2D eigenvalue weighted by molar-refractivity contribution is 8.13. The van der Waals surface area contributed by atoms with Crippen molar-refractivity contribution in [1.82, 2.24) is 10.2 Å². The Kier molecular flexibility index (Phi) is 3.70. The Morgan fingerprint density at radius 1 is 1.62 bits per heavy atom. The minimum atomic E-state index is -0.105. The third-order valence-electron chi connectivity index (χ3n) is 2.94. The van der Waals surface area contributed by atoms with E-state index in [1.807, 2.05) is 0 Å². The molecule has 0 bridgehead atoms. The summed E-state index contributed by atoms with van der Waals surface area (Å²) in [6.45, 7) is 1.37. The van der Waals surface area contributed by atoms with Crippen LogP contribution in [0.15, 0.2) is 0 Å². The molecule has 2 aliphatic rings. The van der Waals surface area contributed by atoms with Gasteiger partial charge in [-0.2, -0.15) is 0 Å². The molecule has 2 amide bonds. The molecule has 0 radical (unpaired) electrons. The van der Waals surface area contributed by atoms with Crippen molar-refractivity contribution in [3.05, 3.63) is 0 Å². The maximum absolute atomic E-state index is 11.5. The van der Waals surface area contributed by atoms with Crippen molar-refractivity contribution in [2.45, 2.75) is 18.9 Å². The number of hydrogen-bond acceptors (Lipinski definition) is 4. The van der Waals surface area contributed by atoms with Gasteiger partial charge in [0.15, 0.2) is 0 Å². The van der Waals surface area contributed by atoms with Gasteiger partial charge in [0.05, 0.1) is 0 Å². The van der Waals surface area contributed by atoms with Gasteiger partial charge in [0, 0.05) is 24.9 Å². The first kappa shape index (κ1) is 11.7. The van der Waals surface area contributed by atoms with Crippen LogP contribution >= 0.6 is 11.8 Å². The first-order valence-corrected chi connectivity index (χ1v) is 6.59. The molecule has 1 aliphatic carbocycles. The lowest BCUT2D eigenvalue weighted by Crippen LogP contribution is -2.43. The molecule has 1 saturated heterocycles. The molecule has 1 unspecified atom stereocenters. The summed E-state index contributed by atoms with van der Waals surface area (Å²) in [5.74, 6) is 1.27. The van der Waals surface area contributed by atoms with E-state index < -0.39 is 0 Å². The Bertz CT molecular complexity index is 294. The minimum Gasteiger partial charge on any atom is -0.353 e. The predicted molar refractivity (Wildman–Crippen MR) is 63.1 cm³/mol. The highest BCUT2D eigenvalue weighted by atomic mass is 32.2. The van der Waals surface area contributed by atoms with Crippen LogP contribution in [0.4, 0.5) is 4.79 Å². The number of thioether (sulfide) groups is 1. The second kappa shape index (κ2) is 5.05. The van der Waals surface area contributed by atoms with Gasteiger partial charge in [0.25, 0.3) is 5.24 Å². The summed E-state index contributed by atoms with van der Waals surface area (Å²) < 4.78 is 0. The molecule has 90 valence electrons. The fourth-order valence-electron chi connectivity index (χ4n) is 1.72. The molecule has 1 heterocycles. The standard InChI is InChI=1S/C10H17N3O2S/c11-8(7-1-2-7)5-12-9(14)6-13-3-4-16-10(13)15/h7-8H,1-6,11H2,(H,12,14). The molecular weight excluding hydrogens is 226 g/mol. The summed E-state index contributed by atoms with van der Waals surface area (Å²) in [5, 5.41) is 2.79. The molecule has 1 atom stereocenters. The molecule has 3 N–H and O–H groups in total. The van der Waals surface area contributed by atoms with Gasteiger partial charge in [-0.25, -0.2) is 0 Å². The average molecular weight is 243 g/mol. The Morgan fingerprint density at radius 2 is 2.38 bits per heavy atom. The third-order valence-corrected chi connectivity index (χ3v) is 3.83. The molecular formula is C10H17N3O2S. The molecule has 2 fully saturated rings. The predicted octanol–water partition coefficient (Wildman–Crippen LogP) is 0.00870. The average Bonchev–Trinajstić information content (AvgIpc) is 3.02. The van der Waals surface area contributed by atoms with Crippen molar-refractivity contribution in [3.63, 3.8) is 0 Å². The lowest BCUT2D eigenvalue weighted by Gasteiger charge is -2.16. The normalized spacial score (nSPS) is 22.3. The van der Waals surface area contributed by atoms with E-state index in [1.54, 1.807) is 4.90 Å². The summed E-state index contributed by atoms with van der Waals surface area (Å²) in [5.41, 5.74) is 5.86. The number of nitrogens with zero attached hydrogens (tertiary/aromatic N) is 1. The largest absolute Gasteiger partial charge is 0.353 e. The third kappa shape index (κ3) is 3.12. The van der Waals surface area contributed by atoms with E-state index in [0.29, 0.717) is 19.0 Å². The van der Waals surface area contributed by atoms with Crippen LogP contribution in [0.25, 0.3) is 0 Å². The number of nitrogens with one attached hydrogen (secondary N) is 1. The van der Waals surface area contributed by atoms with Crippen LogP contribution in [-0.2, 0) is 4.79 Å². The van der Waals surface area contributed by atoms with E-state index in [2.05, 4.69) is 5.32 Å². The zero-order chi connectivity index (χ0) is 11.5. The van der Waals surface area contributed by atoms with Crippen LogP contribution in [0, 0.1) is 5.92 Å². The Hall–Kier alpha value is -0.750. The molecule has 6 heteroatoms. The van der Waals surface area contributed by atoms with Gasteiger partial charge in [-0.3, -0.25) is 9.59 Å². The number of carbonyl (C=O) groups is 2. The van der Waals surface area contributed by atoms with Gasteiger partial charge in [-0.15, -0.1) is 0 Å². The van der Waals surface area contributed by atoms with Crippen molar-refractivity contribution in [2.75, 3.05) is 25.4 Å². The van der Waals surface area contributed by atoms with Crippen LogP contribution < -0.4 is 11.1 Å². The van der Waals surface area contributed by atoms with Gasteiger partial charge in [-0.05, 0) is 18.8 Å². The van der Waals surface area contributed by atoms with Crippen LogP contribution in [0.1, 0.15) is 12.8 Å². The van der Waals surface area contributed by atoms with Crippen molar-refractivity contribution in [2.24, 2.45) is 11.7 Å². The highest BCUT2D eigenvalue weighted by Gasteiger charge is 2.29. The van der Waals surface area contributed by atoms with Gasteiger partial charge < -0.3 is 16.0 Å². The Labute approximate surface area is 99.1 Å². The molecule has 5 nitrogen and oxygen atoms in total. The van der Waals surface area contributed by atoms with Gasteiger partial charge >= 0.3 is 0 Å². The lowest BCUT2D eigenvalue weighted by atomic mass is 10.2. The van der Waals surface area contributed by atoms with E-state index in [0.717, 1.165) is 5.75 Å². The second-order valence-electron chi connectivity index (χ2n) is 4.34. The Morgan fingerprint density at radius 3 is 2.94 bits per heavy atom. The monoisotopic (exact) mass is 243 g/mol. The van der Waals surface area contributed by atoms with Crippen LogP contribution in [0.3, 0.4) is 0 Å². The van der Waals surface area contributed by atoms with E-state index >= 15 is 0 Å². The summed E-state index contributed by atoms with van der Waals surface area (Å²) in [6.07, 6.45) is 2.36.